The lowest BCUT2D eigenvalue weighted by Crippen LogP contribution is -2.32. The number of hydrogen-bond donors (Lipinski definition) is 1. The summed E-state index contributed by atoms with van der Waals surface area (Å²) in [5.74, 6) is 0.698. The van der Waals surface area contributed by atoms with Crippen LogP contribution in [0.25, 0.3) is 0 Å². The Hall–Kier alpha value is -1.55. The van der Waals surface area contributed by atoms with E-state index in [2.05, 4.69) is 5.32 Å². The number of benzene rings is 1. The zero-order valence-electron chi connectivity index (χ0n) is 10.9. The maximum absolute atomic E-state index is 11.7. The minimum Gasteiger partial charge on any atom is -0.496 e. The summed E-state index contributed by atoms with van der Waals surface area (Å²) in [7, 11) is 1.65. The molecule has 1 aliphatic heterocycles. The summed E-state index contributed by atoms with van der Waals surface area (Å²) in [6.07, 6.45) is 1.92. The smallest absolute Gasteiger partial charge is 0.323 e. The van der Waals surface area contributed by atoms with Crippen molar-refractivity contribution in [1.82, 2.24) is 5.32 Å². The molecule has 1 saturated heterocycles. The van der Waals surface area contributed by atoms with Crippen molar-refractivity contribution in [2.24, 2.45) is 0 Å². The maximum atomic E-state index is 11.7. The molecule has 1 aromatic carbocycles. The molecule has 0 aromatic heterocycles. The van der Waals surface area contributed by atoms with Crippen LogP contribution in [0.4, 0.5) is 0 Å². The molecule has 1 aromatic rings. The summed E-state index contributed by atoms with van der Waals surface area (Å²) < 4.78 is 10.5. The molecule has 1 unspecified atom stereocenters. The van der Waals surface area contributed by atoms with Crippen LogP contribution in [-0.4, -0.2) is 25.7 Å². The molecule has 1 aliphatic rings. The van der Waals surface area contributed by atoms with Crippen molar-refractivity contribution < 1.29 is 14.3 Å². The number of methoxy groups -OCH3 is 1. The highest BCUT2D eigenvalue weighted by molar-refractivity contribution is 5.76. The minimum atomic E-state index is -0.152. The van der Waals surface area contributed by atoms with E-state index in [0.29, 0.717) is 6.61 Å². The zero-order chi connectivity index (χ0) is 13.0. The van der Waals surface area contributed by atoms with E-state index >= 15 is 0 Å². The lowest BCUT2D eigenvalue weighted by Gasteiger charge is -2.11. The molecule has 4 heteroatoms. The third-order valence-electron chi connectivity index (χ3n) is 3.19. The molecule has 0 amide bonds. The number of hydrogen-bond acceptors (Lipinski definition) is 4. The summed E-state index contributed by atoms with van der Waals surface area (Å²) in [4.78, 5) is 11.7. The number of esters is 1. The van der Waals surface area contributed by atoms with Crippen LogP contribution in [-0.2, 0) is 16.1 Å². The first kappa shape index (κ1) is 12.9. The largest absolute Gasteiger partial charge is 0.496 e. The van der Waals surface area contributed by atoms with Crippen LogP contribution >= 0.6 is 0 Å². The van der Waals surface area contributed by atoms with Gasteiger partial charge in [-0.3, -0.25) is 4.79 Å². The highest BCUT2D eigenvalue weighted by atomic mass is 16.5. The highest BCUT2D eigenvalue weighted by Gasteiger charge is 2.23. The Balaban J connectivity index is 1.89. The number of carbonyl (C=O) groups excluding carboxylic acids is 1. The Kier molecular flexibility index (Phi) is 4.20. The van der Waals surface area contributed by atoms with E-state index in [1.165, 1.54) is 0 Å². The predicted molar refractivity (Wildman–Crippen MR) is 68.6 cm³/mol. The van der Waals surface area contributed by atoms with Crippen LogP contribution in [0.5, 0.6) is 5.75 Å². The SMILES string of the molecule is COc1ccc(COC(=O)C2CCCN2)cc1C. The standard InChI is InChI=1S/C14H19NO3/c1-10-8-11(5-6-13(10)17-2)9-18-14(16)12-4-3-7-15-12/h5-6,8,12,15H,3-4,7,9H2,1-2H3. The van der Waals surface area contributed by atoms with Gasteiger partial charge >= 0.3 is 5.97 Å². The van der Waals surface area contributed by atoms with E-state index in [0.717, 1.165) is 36.3 Å². The van der Waals surface area contributed by atoms with Gasteiger partial charge in [-0.2, -0.15) is 0 Å². The predicted octanol–water partition coefficient (Wildman–Crippen LogP) is 1.80. The summed E-state index contributed by atoms with van der Waals surface area (Å²) >= 11 is 0. The first-order chi connectivity index (χ1) is 8.70. The van der Waals surface area contributed by atoms with Gasteiger partial charge in [0.05, 0.1) is 7.11 Å². The van der Waals surface area contributed by atoms with Crippen molar-refractivity contribution in [2.45, 2.75) is 32.4 Å². The summed E-state index contributed by atoms with van der Waals surface area (Å²) in [6, 6.07) is 5.67. The van der Waals surface area contributed by atoms with E-state index in [-0.39, 0.29) is 12.0 Å². The molecular formula is C14H19NO3. The Morgan fingerprint density at radius 3 is 2.94 bits per heavy atom. The van der Waals surface area contributed by atoms with Gasteiger partial charge in [-0.05, 0) is 49.6 Å². The van der Waals surface area contributed by atoms with Gasteiger partial charge in [0.15, 0.2) is 0 Å². The number of ether oxygens (including phenoxy) is 2. The molecule has 1 fully saturated rings. The molecule has 1 heterocycles. The highest BCUT2D eigenvalue weighted by Crippen LogP contribution is 2.19. The van der Waals surface area contributed by atoms with Gasteiger partial charge in [0.1, 0.15) is 18.4 Å². The Bertz CT molecular complexity index is 425. The second-order valence-corrected chi connectivity index (χ2v) is 4.56. The van der Waals surface area contributed by atoms with Crippen molar-refractivity contribution >= 4 is 5.97 Å². The number of rotatable bonds is 4. The van der Waals surface area contributed by atoms with Crippen LogP contribution in [0.3, 0.4) is 0 Å². The molecule has 98 valence electrons. The lowest BCUT2D eigenvalue weighted by molar-refractivity contribution is -0.147. The van der Waals surface area contributed by atoms with Crippen LogP contribution in [0.15, 0.2) is 18.2 Å². The summed E-state index contributed by atoms with van der Waals surface area (Å²) in [6.45, 7) is 3.20. The molecule has 0 radical (unpaired) electrons. The number of nitrogens with one attached hydrogen (secondary N) is 1. The van der Waals surface area contributed by atoms with Gasteiger partial charge in [0, 0.05) is 0 Å². The minimum absolute atomic E-state index is 0.121. The van der Waals surface area contributed by atoms with Crippen molar-refractivity contribution in [2.75, 3.05) is 13.7 Å². The molecule has 0 aliphatic carbocycles. The molecule has 2 rings (SSSR count). The average molecular weight is 249 g/mol. The van der Waals surface area contributed by atoms with Crippen molar-refractivity contribution in [3.05, 3.63) is 29.3 Å². The van der Waals surface area contributed by atoms with Crippen molar-refractivity contribution in [3.63, 3.8) is 0 Å². The number of aryl methyl sites for hydroxylation is 1. The van der Waals surface area contributed by atoms with E-state index in [4.69, 9.17) is 9.47 Å². The quantitative estimate of drug-likeness (QED) is 0.827. The molecule has 0 bridgehead atoms. The molecule has 4 nitrogen and oxygen atoms in total. The third kappa shape index (κ3) is 3.01. The maximum Gasteiger partial charge on any atom is 0.323 e. The fourth-order valence-electron chi connectivity index (χ4n) is 2.17. The van der Waals surface area contributed by atoms with Crippen molar-refractivity contribution in [1.29, 1.82) is 0 Å². The van der Waals surface area contributed by atoms with E-state index in [9.17, 15) is 4.79 Å². The molecule has 1 atom stereocenters. The van der Waals surface area contributed by atoms with Crippen LogP contribution in [0.1, 0.15) is 24.0 Å². The normalized spacial score (nSPS) is 18.7. The third-order valence-corrected chi connectivity index (χ3v) is 3.19. The van der Waals surface area contributed by atoms with Crippen LogP contribution < -0.4 is 10.1 Å². The second kappa shape index (κ2) is 5.87. The first-order valence-corrected chi connectivity index (χ1v) is 6.24. The van der Waals surface area contributed by atoms with E-state index < -0.39 is 0 Å². The zero-order valence-corrected chi connectivity index (χ0v) is 10.9. The van der Waals surface area contributed by atoms with Crippen LogP contribution in [0.2, 0.25) is 0 Å². The Morgan fingerprint density at radius 1 is 1.50 bits per heavy atom. The van der Waals surface area contributed by atoms with E-state index in [1.807, 2.05) is 25.1 Å². The van der Waals surface area contributed by atoms with Crippen molar-refractivity contribution in [3.8, 4) is 5.75 Å². The van der Waals surface area contributed by atoms with Gasteiger partial charge in [-0.25, -0.2) is 0 Å². The summed E-state index contributed by atoms with van der Waals surface area (Å²) in [5, 5.41) is 3.13. The molecule has 1 N–H and O–H groups in total. The Labute approximate surface area is 107 Å². The fraction of sp³-hybridized carbons (Fsp3) is 0.500. The number of carbonyl (C=O) groups is 1. The van der Waals surface area contributed by atoms with Crippen LogP contribution in [0, 0.1) is 6.92 Å². The first-order valence-electron chi connectivity index (χ1n) is 6.24. The average Bonchev–Trinajstić information content (AvgIpc) is 2.90. The monoisotopic (exact) mass is 249 g/mol. The molecule has 0 saturated carbocycles. The second-order valence-electron chi connectivity index (χ2n) is 4.56. The Morgan fingerprint density at radius 2 is 2.33 bits per heavy atom. The van der Waals surface area contributed by atoms with E-state index in [1.54, 1.807) is 7.11 Å². The van der Waals surface area contributed by atoms with Gasteiger partial charge < -0.3 is 14.8 Å². The molecular weight excluding hydrogens is 230 g/mol. The van der Waals surface area contributed by atoms with Gasteiger partial charge in [-0.15, -0.1) is 0 Å². The molecule has 18 heavy (non-hydrogen) atoms. The summed E-state index contributed by atoms with van der Waals surface area (Å²) in [5.41, 5.74) is 2.03. The van der Waals surface area contributed by atoms with Gasteiger partial charge in [0.25, 0.3) is 0 Å². The molecule has 0 spiro atoms. The van der Waals surface area contributed by atoms with Gasteiger partial charge in [-0.1, -0.05) is 6.07 Å². The fourth-order valence-corrected chi connectivity index (χ4v) is 2.17. The lowest BCUT2D eigenvalue weighted by atomic mass is 10.1. The van der Waals surface area contributed by atoms with Gasteiger partial charge in [0.2, 0.25) is 0 Å². The topological polar surface area (TPSA) is 47.6 Å².